The average molecular weight is 312 g/mol. The SMILES string of the molecule is CCSCCCn1c(C)c(S(N)(=O)=O)c2ccccc21. The van der Waals surface area contributed by atoms with Gasteiger partial charge in [0.1, 0.15) is 4.90 Å². The van der Waals surface area contributed by atoms with Gasteiger partial charge >= 0.3 is 0 Å². The van der Waals surface area contributed by atoms with Crippen molar-refractivity contribution in [2.24, 2.45) is 5.14 Å². The summed E-state index contributed by atoms with van der Waals surface area (Å²) < 4.78 is 25.7. The van der Waals surface area contributed by atoms with E-state index < -0.39 is 10.0 Å². The molecule has 0 aliphatic heterocycles. The first-order valence-electron chi connectivity index (χ1n) is 6.65. The molecular weight excluding hydrogens is 292 g/mol. The van der Waals surface area contributed by atoms with Crippen molar-refractivity contribution >= 4 is 32.7 Å². The number of nitrogens with zero attached hydrogens (tertiary/aromatic N) is 1. The number of rotatable bonds is 6. The molecule has 0 fully saturated rings. The predicted molar refractivity (Wildman–Crippen MR) is 85.7 cm³/mol. The molecule has 0 spiro atoms. The fourth-order valence-electron chi connectivity index (χ4n) is 2.52. The third-order valence-electron chi connectivity index (χ3n) is 3.33. The number of aromatic nitrogens is 1. The number of fused-ring (bicyclic) bond motifs is 1. The Morgan fingerprint density at radius 2 is 2.00 bits per heavy atom. The van der Waals surface area contributed by atoms with E-state index in [0.29, 0.717) is 0 Å². The highest BCUT2D eigenvalue weighted by Gasteiger charge is 2.21. The number of benzene rings is 1. The lowest BCUT2D eigenvalue weighted by molar-refractivity contribution is 0.596. The van der Waals surface area contributed by atoms with Gasteiger partial charge in [-0.2, -0.15) is 11.8 Å². The van der Waals surface area contributed by atoms with Crippen LogP contribution in [0, 0.1) is 6.92 Å². The topological polar surface area (TPSA) is 65.1 Å². The van der Waals surface area contributed by atoms with Gasteiger partial charge in [0, 0.05) is 23.1 Å². The van der Waals surface area contributed by atoms with Crippen LogP contribution in [0.1, 0.15) is 19.0 Å². The van der Waals surface area contributed by atoms with Gasteiger partial charge in [0.25, 0.3) is 0 Å². The lowest BCUT2D eigenvalue weighted by Gasteiger charge is -2.08. The Bertz CT molecular complexity index is 705. The number of primary sulfonamides is 1. The summed E-state index contributed by atoms with van der Waals surface area (Å²) in [7, 11) is -3.70. The summed E-state index contributed by atoms with van der Waals surface area (Å²) in [6.07, 6.45) is 1.02. The number of aryl methyl sites for hydroxylation is 1. The fraction of sp³-hybridized carbons (Fsp3) is 0.429. The van der Waals surface area contributed by atoms with Crippen LogP contribution < -0.4 is 5.14 Å². The Kier molecular flexibility index (Phi) is 4.78. The molecule has 0 radical (unpaired) electrons. The third kappa shape index (κ3) is 3.02. The molecule has 1 aromatic heterocycles. The van der Waals surface area contributed by atoms with Crippen LogP contribution in [0.5, 0.6) is 0 Å². The van der Waals surface area contributed by atoms with Crippen LogP contribution in [0.15, 0.2) is 29.2 Å². The zero-order chi connectivity index (χ0) is 14.8. The van der Waals surface area contributed by atoms with Crippen molar-refractivity contribution in [3.8, 4) is 0 Å². The maximum absolute atomic E-state index is 11.8. The van der Waals surface area contributed by atoms with Gasteiger partial charge in [0.05, 0.1) is 0 Å². The van der Waals surface area contributed by atoms with Crippen molar-refractivity contribution in [1.29, 1.82) is 0 Å². The minimum Gasteiger partial charge on any atom is -0.343 e. The second-order valence-corrected chi connectivity index (χ2v) is 7.57. The van der Waals surface area contributed by atoms with Crippen molar-refractivity contribution in [1.82, 2.24) is 4.57 Å². The number of thioether (sulfide) groups is 1. The predicted octanol–water partition coefficient (Wildman–Crippen LogP) is 2.74. The zero-order valence-electron chi connectivity index (χ0n) is 11.8. The maximum atomic E-state index is 11.8. The summed E-state index contributed by atoms with van der Waals surface area (Å²) in [6, 6.07) is 7.53. The lowest BCUT2D eigenvalue weighted by atomic mass is 10.2. The van der Waals surface area contributed by atoms with Crippen molar-refractivity contribution in [2.75, 3.05) is 11.5 Å². The molecule has 0 unspecified atom stereocenters. The molecule has 0 atom stereocenters. The number of sulfonamides is 1. The molecule has 2 rings (SSSR count). The Balaban J connectivity index is 2.47. The van der Waals surface area contributed by atoms with Gasteiger partial charge in [0.2, 0.25) is 10.0 Å². The number of hydrogen-bond acceptors (Lipinski definition) is 3. The maximum Gasteiger partial charge on any atom is 0.240 e. The van der Waals surface area contributed by atoms with Gasteiger partial charge in [0.15, 0.2) is 0 Å². The Morgan fingerprint density at radius 3 is 2.65 bits per heavy atom. The number of hydrogen-bond donors (Lipinski definition) is 1. The van der Waals surface area contributed by atoms with Crippen molar-refractivity contribution in [3.05, 3.63) is 30.0 Å². The fourth-order valence-corrected chi connectivity index (χ4v) is 4.14. The van der Waals surface area contributed by atoms with Gasteiger partial charge < -0.3 is 4.57 Å². The minimum absolute atomic E-state index is 0.260. The molecule has 0 saturated heterocycles. The lowest BCUT2D eigenvalue weighted by Crippen LogP contribution is -2.14. The average Bonchev–Trinajstić information content (AvgIpc) is 2.67. The summed E-state index contributed by atoms with van der Waals surface area (Å²) in [5, 5.41) is 6.09. The second-order valence-electron chi connectivity index (χ2n) is 4.68. The molecule has 20 heavy (non-hydrogen) atoms. The molecule has 2 aromatic rings. The molecule has 0 saturated carbocycles. The molecule has 4 nitrogen and oxygen atoms in total. The molecule has 6 heteroatoms. The summed E-state index contributed by atoms with van der Waals surface area (Å²) in [5.74, 6) is 2.18. The monoisotopic (exact) mass is 312 g/mol. The molecule has 110 valence electrons. The molecule has 2 N–H and O–H groups in total. The first-order valence-corrected chi connectivity index (χ1v) is 9.35. The van der Waals surface area contributed by atoms with Crippen molar-refractivity contribution in [2.45, 2.75) is 31.7 Å². The van der Waals surface area contributed by atoms with E-state index in [1.54, 1.807) is 0 Å². The Hall–Kier alpha value is -0.980. The van der Waals surface area contributed by atoms with Crippen molar-refractivity contribution < 1.29 is 8.42 Å². The molecular formula is C14H20N2O2S2. The summed E-state index contributed by atoms with van der Waals surface area (Å²) in [5.41, 5.74) is 1.67. The minimum atomic E-state index is -3.70. The molecule has 1 heterocycles. The summed E-state index contributed by atoms with van der Waals surface area (Å²) in [4.78, 5) is 0.260. The van der Waals surface area contributed by atoms with Gasteiger partial charge in [-0.05, 0) is 30.9 Å². The molecule has 0 bridgehead atoms. The van der Waals surface area contributed by atoms with Crippen LogP contribution in [0.4, 0.5) is 0 Å². The van der Waals surface area contributed by atoms with Crippen LogP contribution in [-0.2, 0) is 16.6 Å². The van der Waals surface area contributed by atoms with Gasteiger partial charge in [-0.1, -0.05) is 25.1 Å². The molecule has 0 aliphatic rings. The highest BCUT2D eigenvalue weighted by atomic mass is 32.2. The number of nitrogens with two attached hydrogens (primary N) is 1. The summed E-state index contributed by atoms with van der Waals surface area (Å²) >= 11 is 1.89. The molecule has 0 aliphatic carbocycles. The van der Waals surface area contributed by atoms with E-state index in [2.05, 4.69) is 11.5 Å². The van der Waals surface area contributed by atoms with E-state index in [9.17, 15) is 8.42 Å². The Labute approximate surface area is 124 Å². The van der Waals surface area contributed by atoms with Crippen molar-refractivity contribution in [3.63, 3.8) is 0 Å². The van der Waals surface area contributed by atoms with E-state index in [1.807, 2.05) is 43.0 Å². The largest absolute Gasteiger partial charge is 0.343 e. The van der Waals surface area contributed by atoms with E-state index in [1.165, 1.54) is 0 Å². The van der Waals surface area contributed by atoms with E-state index in [4.69, 9.17) is 5.14 Å². The van der Waals surface area contributed by atoms with Crippen LogP contribution in [0.2, 0.25) is 0 Å². The van der Waals surface area contributed by atoms with E-state index in [-0.39, 0.29) is 4.90 Å². The zero-order valence-corrected chi connectivity index (χ0v) is 13.4. The van der Waals surface area contributed by atoms with Gasteiger partial charge in [-0.25, -0.2) is 13.6 Å². The first kappa shape index (κ1) is 15.4. The van der Waals surface area contributed by atoms with Crippen LogP contribution in [-0.4, -0.2) is 24.5 Å². The number of para-hydroxylation sites is 1. The highest BCUT2D eigenvalue weighted by molar-refractivity contribution is 7.99. The molecule has 0 amide bonds. The summed E-state index contributed by atoms with van der Waals surface area (Å²) in [6.45, 7) is 4.78. The van der Waals surface area contributed by atoms with Gasteiger partial charge in [-0.3, -0.25) is 0 Å². The normalized spacial score (nSPS) is 12.2. The standard InChI is InChI=1S/C14H20N2O2S2/c1-3-19-10-6-9-16-11(2)14(20(15,17)18)12-7-4-5-8-13(12)16/h4-5,7-8H,3,6,9-10H2,1-2H3,(H2,15,17,18). The van der Waals surface area contributed by atoms with Crippen LogP contribution in [0.3, 0.4) is 0 Å². The first-order chi connectivity index (χ1) is 9.46. The van der Waals surface area contributed by atoms with Gasteiger partial charge in [-0.15, -0.1) is 0 Å². The highest BCUT2D eigenvalue weighted by Crippen LogP contribution is 2.29. The van der Waals surface area contributed by atoms with E-state index >= 15 is 0 Å². The quantitative estimate of drug-likeness (QED) is 0.834. The third-order valence-corrected chi connectivity index (χ3v) is 5.40. The Morgan fingerprint density at radius 1 is 1.30 bits per heavy atom. The molecule has 1 aromatic carbocycles. The van der Waals surface area contributed by atoms with E-state index in [0.717, 1.165) is 41.1 Å². The van der Waals surface area contributed by atoms with Crippen LogP contribution >= 0.6 is 11.8 Å². The smallest absolute Gasteiger partial charge is 0.240 e. The second kappa shape index (κ2) is 6.20. The van der Waals surface area contributed by atoms with Crippen LogP contribution in [0.25, 0.3) is 10.9 Å².